The topological polar surface area (TPSA) is 51.2 Å². The average Bonchev–Trinajstić information content (AvgIpc) is 2.45. The third kappa shape index (κ3) is 3.46. The number of pyridine rings is 1. The van der Waals surface area contributed by atoms with Crippen LogP contribution in [-0.2, 0) is 0 Å². The number of anilines is 1. The molecule has 4 nitrogen and oxygen atoms in total. The van der Waals surface area contributed by atoms with Gasteiger partial charge in [0.1, 0.15) is 5.75 Å². The van der Waals surface area contributed by atoms with Gasteiger partial charge in [0.15, 0.2) is 5.82 Å². The Balaban J connectivity index is 2.20. The number of carbonyl (C=O) groups excluding carboxylic acids is 1. The maximum absolute atomic E-state index is 13.5. The van der Waals surface area contributed by atoms with E-state index in [4.69, 9.17) is 16.3 Å². The van der Waals surface area contributed by atoms with E-state index in [9.17, 15) is 13.6 Å². The summed E-state index contributed by atoms with van der Waals surface area (Å²) in [4.78, 5) is 15.0. The molecule has 1 amide bonds. The molecule has 0 bridgehead atoms. The summed E-state index contributed by atoms with van der Waals surface area (Å²) in [6.07, 6.45) is 1.01. The van der Waals surface area contributed by atoms with Crippen molar-refractivity contribution in [3.05, 3.63) is 52.8 Å². The normalized spacial score (nSPS) is 10.3. The molecule has 0 aliphatic rings. The molecule has 2 rings (SSSR count). The predicted molar refractivity (Wildman–Crippen MR) is 74.7 cm³/mol. The standard InChI is InChI=1S/C14H11ClF2N2O2/c1-2-21-11-4-3-8(7-10(11)15)19-14(20)9-5-6-18-13(17)12(9)16/h3-7H,2H2,1H3,(H,19,20). The molecule has 0 aliphatic carbocycles. The van der Waals surface area contributed by atoms with E-state index in [-0.39, 0.29) is 0 Å². The number of nitrogens with zero attached hydrogens (tertiary/aromatic N) is 1. The molecule has 0 fully saturated rings. The van der Waals surface area contributed by atoms with Crippen LogP contribution in [-0.4, -0.2) is 17.5 Å². The van der Waals surface area contributed by atoms with Crippen molar-refractivity contribution in [2.75, 3.05) is 11.9 Å². The van der Waals surface area contributed by atoms with E-state index in [1.807, 2.05) is 6.92 Å². The lowest BCUT2D eigenvalue weighted by Crippen LogP contribution is -2.15. The van der Waals surface area contributed by atoms with Crippen molar-refractivity contribution < 1.29 is 18.3 Å². The maximum Gasteiger partial charge on any atom is 0.258 e. The van der Waals surface area contributed by atoms with Gasteiger partial charge in [-0.15, -0.1) is 0 Å². The van der Waals surface area contributed by atoms with E-state index in [0.717, 1.165) is 12.3 Å². The summed E-state index contributed by atoms with van der Waals surface area (Å²) in [6, 6.07) is 5.67. The lowest BCUT2D eigenvalue weighted by Gasteiger charge is -2.09. The smallest absolute Gasteiger partial charge is 0.258 e. The van der Waals surface area contributed by atoms with Crippen LogP contribution in [0.1, 0.15) is 17.3 Å². The summed E-state index contributed by atoms with van der Waals surface area (Å²) < 4.78 is 31.7. The van der Waals surface area contributed by atoms with Crippen molar-refractivity contribution in [1.29, 1.82) is 0 Å². The fourth-order valence-corrected chi connectivity index (χ4v) is 1.88. The van der Waals surface area contributed by atoms with Gasteiger partial charge in [0.05, 0.1) is 17.2 Å². The highest BCUT2D eigenvalue weighted by Gasteiger charge is 2.16. The number of hydrogen-bond acceptors (Lipinski definition) is 3. The second-order valence-corrected chi connectivity index (χ2v) is 4.40. The molecule has 2 aromatic rings. The molecule has 1 aromatic carbocycles. The van der Waals surface area contributed by atoms with Gasteiger partial charge < -0.3 is 10.1 Å². The monoisotopic (exact) mass is 312 g/mol. The molecule has 1 heterocycles. The SMILES string of the molecule is CCOc1ccc(NC(=O)c2ccnc(F)c2F)cc1Cl. The van der Waals surface area contributed by atoms with Gasteiger partial charge in [0.25, 0.3) is 5.91 Å². The molecule has 0 radical (unpaired) electrons. The molecular formula is C14H11ClF2N2O2. The van der Waals surface area contributed by atoms with E-state index in [0.29, 0.717) is 23.1 Å². The fourth-order valence-electron chi connectivity index (χ4n) is 1.64. The lowest BCUT2D eigenvalue weighted by atomic mass is 10.2. The van der Waals surface area contributed by atoms with Crippen LogP contribution in [0.15, 0.2) is 30.5 Å². The number of aromatic nitrogens is 1. The number of halogens is 3. The number of ether oxygens (including phenoxy) is 1. The van der Waals surface area contributed by atoms with Crippen molar-refractivity contribution >= 4 is 23.2 Å². The van der Waals surface area contributed by atoms with Crippen LogP contribution >= 0.6 is 11.6 Å². The number of hydrogen-bond donors (Lipinski definition) is 1. The Kier molecular flexibility index (Phi) is 4.70. The molecule has 21 heavy (non-hydrogen) atoms. The van der Waals surface area contributed by atoms with Crippen molar-refractivity contribution in [2.24, 2.45) is 0 Å². The Morgan fingerprint density at radius 1 is 1.38 bits per heavy atom. The minimum atomic E-state index is -1.33. The molecule has 0 aliphatic heterocycles. The summed E-state index contributed by atoms with van der Waals surface area (Å²) in [5.74, 6) is -2.95. The molecule has 0 saturated heterocycles. The van der Waals surface area contributed by atoms with Crippen molar-refractivity contribution in [3.63, 3.8) is 0 Å². The van der Waals surface area contributed by atoms with Gasteiger partial charge in [0, 0.05) is 11.9 Å². The van der Waals surface area contributed by atoms with E-state index in [1.165, 1.54) is 6.07 Å². The second-order valence-electron chi connectivity index (χ2n) is 4.00. The molecule has 1 aromatic heterocycles. The Morgan fingerprint density at radius 2 is 2.14 bits per heavy atom. The van der Waals surface area contributed by atoms with Crippen LogP contribution in [0.3, 0.4) is 0 Å². The van der Waals surface area contributed by atoms with Crippen LogP contribution in [0, 0.1) is 11.8 Å². The number of amides is 1. The second kappa shape index (κ2) is 6.49. The summed E-state index contributed by atoms with van der Waals surface area (Å²) >= 11 is 5.97. The van der Waals surface area contributed by atoms with Crippen LogP contribution < -0.4 is 10.1 Å². The van der Waals surface area contributed by atoms with Gasteiger partial charge >= 0.3 is 0 Å². The Hall–Kier alpha value is -2.21. The summed E-state index contributed by atoms with van der Waals surface area (Å²) in [5, 5.41) is 2.72. The van der Waals surface area contributed by atoms with E-state index >= 15 is 0 Å². The zero-order valence-corrected chi connectivity index (χ0v) is 11.7. The highest BCUT2D eigenvalue weighted by atomic mass is 35.5. The van der Waals surface area contributed by atoms with E-state index in [2.05, 4.69) is 10.3 Å². The van der Waals surface area contributed by atoms with Gasteiger partial charge in [-0.25, -0.2) is 9.37 Å². The summed E-state index contributed by atoms with van der Waals surface area (Å²) in [7, 11) is 0. The molecule has 110 valence electrons. The number of carbonyl (C=O) groups is 1. The zero-order chi connectivity index (χ0) is 15.4. The van der Waals surface area contributed by atoms with Crippen molar-refractivity contribution in [1.82, 2.24) is 4.98 Å². The molecule has 0 spiro atoms. The first kappa shape index (κ1) is 15.2. The molecule has 0 atom stereocenters. The van der Waals surface area contributed by atoms with Gasteiger partial charge in [-0.2, -0.15) is 4.39 Å². The van der Waals surface area contributed by atoms with Crippen LogP contribution in [0.4, 0.5) is 14.5 Å². The summed E-state index contributed by atoms with van der Waals surface area (Å²) in [6.45, 7) is 2.26. The predicted octanol–water partition coefficient (Wildman–Crippen LogP) is 3.66. The Bertz CT molecular complexity index is 680. The van der Waals surface area contributed by atoms with Crippen molar-refractivity contribution in [2.45, 2.75) is 6.92 Å². The Labute approximate surface area is 124 Å². The molecule has 0 unspecified atom stereocenters. The largest absolute Gasteiger partial charge is 0.492 e. The quantitative estimate of drug-likeness (QED) is 0.876. The van der Waals surface area contributed by atoms with Crippen LogP contribution in [0.5, 0.6) is 5.75 Å². The minimum absolute atomic E-state index is 0.302. The zero-order valence-electron chi connectivity index (χ0n) is 11.0. The molecule has 7 heteroatoms. The highest BCUT2D eigenvalue weighted by molar-refractivity contribution is 6.32. The Morgan fingerprint density at radius 3 is 2.81 bits per heavy atom. The molecule has 1 N–H and O–H groups in total. The molecule has 0 saturated carbocycles. The van der Waals surface area contributed by atoms with E-state index in [1.54, 1.807) is 12.1 Å². The van der Waals surface area contributed by atoms with Crippen molar-refractivity contribution in [3.8, 4) is 5.75 Å². The third-order valence-electron chi connectivity index (χ3n) is 2.58. The van der Waals surface area contributed by atoms with Gasteiger partial charge in [-0.05, 0) is 31.2 Å². The highest BCUT2D eigenvalue weighted by Crippen LogP contribution is 2.28. The van der Waals surface area contributed by atoms with Gasteiger partial charge in [-0.3, -0.25) is 4.79 Å². The minimum Gasteiger partial charge on any atom is -0.492 e. The number of nitrogens with one attached hydrogen (secondary N) is 1. The number of benzene rings is 1. The van der Waals surface area contributed by atoms with Crippen LogP contribution in [0.2, 0.25) is 5.02 Å². The van der Waals surface area contributed by atoms with Gasteiger partial charge in [0.2, 0.25) is 5.95 Å². The third-order valence-corrected chi connectivity index (χ3v) is 2.88. The first-order valence-corrected chi connectivity index (χ1v) is 6.44. The lowest BCUT2D eigenvalue weighted by molar-refractivity contribution is 0.102. The fraction of sp³-hybridized carbons (Fsp3) is 0.143. The van der Waals surface area contributed by atoms with Gasteiger partial charge in [-0.1, -0.05) is 11.6 Å². The maximum atomic E-state index is 13.5. The first-order valence-electron chi connectivity index (χ1n) is 6.06. The molecular weight excluding hydrogens is 302 g/mol. The average molecular weight is 313 g/mol. The van der Waals surface area contributed by atoms with Crippen LogP contribution in [0.25, 0.3) is 0 Å². The summed E-state index contributed by atoms with van der Waals surface area (Å²) in [5.41, 5.74) is -0.0995. The van der Waals surface area contributed by atoms with E-state index < -0.39 is 23.2 Å². The first-order chi connectivity index (χ1) is 10.0. The number of rotatable bonds is 4.